The summed E-state index contributed by atoms with van der Waals surface area (Å²) < 4.78 is 83.4. The summed E-state index contributed by atoms with van der Waals surface area (Å²) in [6.45, 7) is 19.0. The fourth-order valence-corrected chi connectivity index (χ4v) is 11.3. The standard InChI is InChI=1S/C25H31F3O5S.2C13H21NO3.H2O4S/c1-5-20(31)33-25(21(32)34-12-26)13(2)8-15-16-10-18(27)17-9-14(29)6-7-22(17,3)24(16,28)19(30)11-23(15,25)4;2*1-13(2,3)14-7-12(17)9-4-5-11(16)10(6-9)8-15;1-5(2,3)4/h6-7,9,13,15-16,18-19,30H,5,8,10-12H2,1-4H3;2*4-6,12,14-17H,7-8H2,1-3H3;(H2,1,2,3,4)/t13-,15+,16?,18+,19+,22+,23+,24+,25+;;;/m1.../s1. The molecule has 4 aliphatic carbocycles. The zero-order valence-electron chi connectivity index (χ0n) is 43.0. The highest BCUT2D eigenvalue weighted by Gasteiger charge is 2.78. The van der Waals surface area contributed by atoms with E-state index in [4.69, 9.17) is 32.5 Å². The Morgan fingerprint density at radius 2 is 1.34 bits per heavy atom. The van der Waals surface area contributed by atoms with Crippen LogP contribution in [0.1, 0.15) is 129 Å². The topological polar surface area (TPSA) is 301 Å². The number of aromatic hydroxyl groups is 2. The molecule has 22 heteroatoms. The van der Waals surface area contributed by atoms with E-state index in [0.29, 0.717) is 47.1 Å². The van der Waals surface area contributed by atoms with Crippen molar-refractivity contribution < 1.29 is 85.6 Å². The Morgan fingerprint density at radius 3 is 1.75 bits per heavy atom. The molecule has 2 aromatic rings. The molecule has 0 bridgehead atoms. The smallest absolute Gasteiger partial charge is 0.394 e. The summed E-state index contributed by atoms with van der Waals surface area (Å²) in [5.41, 5.74) is -4.73. The normalized spacial score (nSPS) is 29.2. The fraction of sp³-hybridized carbons (Fsp3) is 0.627. The van der Waals surface area contributed by atoms with Crippen molar-refractivity contribution in [1.29, 1.82) is 0 Å². The van der Waals surface area contributed by atoms with E-state index in [9.17, 15) is 44.3 Å². The van der Waals surface area contributed by atoms with Crippen LogP contribution in [0.5, 0.6) is 11.5 Å². The number of carbonyl (C=O) groups is 3. The first-order valence-corrected chi connectivity index (χ1v) is 26.2. The van der Waals surface area contributed by atoms with Crippen LogP contribution in [0.3, 0.4) is 0 Å². The summed E-state index contributed by atoms with van der Waals surface area (Å²) in [7, 11) is -4.67. The minimum Gasteiger partial charge on any atom is -0.508 e. The molecule has 11 atom stereocenters. The highest BCUT2D eigenvalue weighted by Crippen LogP contribution is 2.72. The number of thioether (sulfide) groups is 1. The summed E-state index contributed by atoms with van der Waals surface area (Å²) in [6.07, 6.45) is -1.15. The van der Waals surface area contributed by atoms with Crippen molar-refractivity contribution in [2.24, 2.45) is 28.6 Å². The van der Waals surface area contributed by atoms with Gasteiger partial charge < -0.3 is 51.1 Å². The number of aliphatic hydroxyl groups is 5. The summed E-state index contributed by atoms with van der Waals surface area (Å²) in [5, 5.41) is 73.9. The van der Waals surface area contributed by atoms with Crippen molar-refractivity contribution in [3.05, 3.63) is 82.5 Å². The predicted molar refractivity (Wildman–Crippen MR) is 269 cm³/mol. The number of aliphatic hydroxyl groups excluding tert-OH is 5. The molecule has 6 rings (SSSR count). The Kier molecular flexibility index (Phi) is 21.5. The number of hydrogen-bond acceptors (Lipinski definition) is 16. The molecule has 0 radical (unpaired) electrons. The number of esters is 1. The van der Waals surface area contributed by atoms with Gasteiger partial charge in [-0.1, -0.05) is 39.0 Å². The third kappa shape index (κ3) is 14.9. The molecule has 3 fully saturated rings. The van der Waals surface area contributed by atoms with Crippen molar-refractivity contribution in [3.8, 4) is 11.5 Å². The Balaban J connectivity index is 0.000000303. The van der Waals surface area contributed by atoms with Gasteiger partial charge in [0.05, 0.1) is 31.5 Å². The zero-order chi connectivity index (χ0) is 55.9. The number of benzene rings is 2. The van der Waals surface area contributed by atoms with Crippen LogP contribution in [-0.2, 0) is 42.7 Å². The average molecular weight is 1080 g/mol. The monoisotopic (exact) mass is 1080 g/mol. The maximum atomic E-state index is 17.2. The Labute approximate surface area is 430 Å². The minimum absolute atomic E-state index is 0.0141. The van der Waals surface area contributed by atoms with Gasteiger partial charge in [-0.3, -0.25) is 23.5 Å². The van der Waals surface area contributed by atoms with Gasteiger partial charge in [-0.2, -0.15) is 8.42 Å². The number of carbonyl (C=O) groups excluding carboxylic acids is 3. The maximum absolute atomic E-state index is 17.2. The molecule has 0 aliphatic heterocycles. The number of ether oxygens (including phenoxy) is 1. The van der Waals surface area contributed by atoms with Crippen LogP contribution in [0.2, 0.25) is 0 Å². The van der Waals surface area contributed by atoms with Crippen LogP contribution in [0, 0.1) is 28.6 Å². The minimum atomic E-state index is -4.67. The number of ketones is 1. The second kappa shape index (κ2) is 24.8. The molecular formula is C51H75F3N2O15S2. The van der Waals surface area contributed by atoms with Gasteiger partial charge in [0.2, 0.25) is 5.12 Å². The number of nitrogens with one attached hydrogen (secondary N) is 2. The van der Waals surface area contributed by atoms with E-state index >= 15 is 8.78 Å². The summed E-state index contributed by atoms with van der Waals surface area (Å²) in [4.78, 5) is 37.8. The third-order valence-corrected chi connectivity index (χ3v) is 14.9. The van der Waals surface area contributed by atoms with Crippen LogP contribution in [0.4, 0.5) is 13.2 Å². The van der Waals surface area contributed by atoms with Crippen LogP contribution < -0.4 is 10.6 Å². The van der Waals surface area contributed by atoms with Gasteiger partial charge in [-0.05, 0) is 139 Å². The second-order valence-electron chi connectivity index (χ2n) is 21.4. The molecule has 73 heavy (non-hydrogen) atoms. The number of fused-ring (bicyclic) bond motifs is 5. The van der Waals surface area contributed by atoms with E-state index in [1.54, 1.807) is 45.0 Å². The molecule has 3 unspecified atom stereocenters. The van der Waals surface area contributed by atoms with Crippen LogP contribution in [-0.4, -0.2) is 124 Å². The highest BCUT2D eigenvalue weighted by molar-refractivity contribution is 8.13. The van der Waals surface area contributed by atoms with Crippen LogP contribution in [0.25, 0.3) is 0 Å². The SMILES string of the molecule is CC(C)(C)NCC(O)c1ccc(O)c(CO)c1.CC(C)(C)NCC(O)c1ccc(O)c(CO)c1.CCC(=O)O[C@]1(C(=O)SCF)[C@H](C)C[C@H]2C3C[C@H](F)C4=CC(=O)C=C[C@]4(C)[C@@]3(F)[C@@H](O)C[C@@]21C.O=S(=O)(O)O. The largest absolute Gasteiger partial charge is 0.508 e. The predicted octanol–water partition coefficient (Wildman–Crippen LogP) is 6.39. The molecule has 4 aliphatic rings. The van der Waals surface area contributed by atoms with Crippen molar-refractivity contribution >= 4 is 39.0 Å². The first-order chi connectivity index (χ1) is 33.5. The quantitative estimate of drug-likeness (QED) is 0.0811. The second-order valence-corrected chi connectivity index (χ2v) is 23.2. The van der Waals surface area contributed by atoms with Gasteiger partial charge in [0, 0.05) is 64.4 Å². The van der Waals surface area contributed by atoms with Gasteiger partial charge >= 0.3 is 16.4 Å². The van der Waals surface area contributed by atoms with Gasteiger partial charge in [0.15, 0.2) is 17.1 Å². The molecule has 0 amide bonds. The third-order valence-electron chi connectivity index (χ3n) is 14.2. The molecule has 2 aromatic carbocycles. The molecule has 17 nitrogen and oxygen atoms in total. The Bertz CT molecular complexity index is 2350. The average Bonchev–Trinajstić information content (AvgIpc) is 3.51. The molecule has 0 spiro atoms. The molecule has 11 N–H and O–H groups in total. The molecule has 0 heterocycles. The number of β-amino-alcohol motifs (C(OH)–C–C–N with tert-alkyl or cyclic N) is 2. The van der Waals surface area contributed by atoms with Crippen molar-refractivity contribution in [3.63, 3.8) is 0 Å². The van der Waals surface area contributed by atoms with E-state index in [1.807, 2.05) is 41.5 Å². The van der Waals surface area contributed by atoms with Crippen molar-refractivity contribution in [2.75, 3.05) is 19.1 Å². The highest BCUT2D eigenvalue weighted by atomic mass is 32.3. The first kappa shape index (κ1) is 63.4. The Morgan fingerprint density at radius 1 is 0.877 bits per heavy atom. The van der Waals surface area contributed by atoms with Gasteiger partial charge in [-0.15, -0.1) is 0 Å². The molecule has 0 aromatic heterocycles. The molecular weight excluding hydrogens is 1000 g/mol. The number of halogens is 3. The number of alkyl halides is 3. The van der Waals surface area contributed by atoms with Gasteiger partial charge in [-0.25, -0.2) is 13.2 Å². The van der Waals surface area contributed by atoms with E-state index in [0.717, 1.165) is 6.08 Å². The maximum Gasteiger partial charge on any atom is 0.394 e. The molecule has 0 saturated heterocycles. The van der Waals surface area contributed by atoms with Gasteiger partial charge in [0.1, 0.15) is 23.7 Å². The van der Waals surface area contributed by atoms with E-state index in [-0.39, 0.29) is 67.0 Å². The summed E-state index contributed by atoms with van der Waals surface area (Å²) >= 11 is 0.396. The van der Waals surface area contributed by atoms with Crippen molar-refractivity contribution in [1.82, 2.24) is 10.6 Å². The lowest BCUT2D eigenvalue weighted by Crippen LogP contribution is -2.70. The van der Waals surface area contributed by atoms with Crippen LogP contribution >= 0.6 is 11.8 Å². The first-order valence-electron chi connectivity index (χ1n) is 23.8. The lowest BCUT2D eigenvalue weighted by molar-refractivity contribution is -0.228. The summed E-state index contributed by atoms with van der Waals surface area (Å²) in [5.74, 6) is -3.20. The summed E-state index contributed by atoms with van der Waals surface area (Å²) in [6, 6.07) is 8.50. The number of hydrogen-bond donors (Lipinski definition) is 11. The van der Waals surface area contributed by atoms with E-state index in [2.05, 4.69) is 10.6 Å². The number of rotatable bonds is 12. The zero-order valence-corrected chi connectivity index (χ0v) is 44.7. The van der Waals surface area contributed by atoms with E-state index in [1.165, 1.54) is 31.2 Å². The van der Waals surface area contributed by atoms with Gasteiger partial charge in [0.25, 0.3) is 0 Å². The van der Waals surface area contributed by atoms with Crippen LogP contribution in [0.15, 0.2) is 60.2 Å². The van der Waals surface area contributed by atoms with Crippen molar-refractivity contribution in [2.45, 2.75) is 155 Å². The number of allylic oxidation sites excluding steroid dienone is 4. The lowest BCUT2D eigenvalue weighted by Gasteiger charge is -2.63. The Hall–Kier alpha value is -3.94. The number of phenols is 2. The molecule has 412 valence electrons. The lowest BCUT2D eigenvalue weighted by atomic mass is 9.44. The fourth-order valence-electron chi connectivity index (χ4n) is 10.5. The van der Waals surface area contributed by atoms with E-state index < -0.39 is 97.6 Å². The molecule has 3 saturated carbocycles.